The minimum atomic E-state index is 0.196. The van der Waals surface area contributed by atoms with Gasteiger partial charge in [0.1, 0.15) is 0 Å². The predicted octanol–water partition coefficient (Wildman–Crippen LogP) is 0.0186. The molecule has 2 N–H and O–H groups in total. The van der Waals surface area contributed by atoms with E-state index >= 15 is 0 Å². The molecule has 1 heterocycles. The van der Waals surface area contributed by atoms with E-state index in [4.69, 9.17) is 0 Å². The van der Waals surface area contributed by atoms with E-state index in [0.717, 1.165) is 13.1 Å². The molecule has 0 bridgehead atoms. The summed E-state index contributed by atoms with van der Waals surface area (Å²) in [7, 11) is 0. The van der Waals surface area contributed by atoms with E-state index in [1.165, 1.54) is 19.3 Å². The fourth-order valence-corrected chi connectivity index (χ4v) is 1.82. The Hall–Kier alpha value is -0.570. The SMILES string of the molecule is O=C1CCNC2(CCC2)CN1. The summed E-state index contributed by atoms with van der Waals surface area (Å²) in [6, 6.07) is 0. The molecule has 1 amide bonds. The van der Waals surface area contributed by atoms with Gasteiger partial charge >= 0.3 is 0 Å². The van der Waals surface area contributed by atoms with E-state index in [-0.39, 0.29) is 11.4 Å². The van der Waals surface area contributed by atoms with Crippen molar-refractivity contribution in [3.05, 3.63) is 0 Å². The van der Waals surface area contributed by atoms with E-state index in [0.29, 0.717) is 6.42 Å². The first-order chi connectivity index (χ1) is 5.31. The van der Waals surface area contributed by atoms with Gasteiger partial charge in [0.05, 0.1) is 0 Å². The molecule has 11 heavy (non-hydrogen) atoms. The molecule has 3 heteroatoms. The van der Waals surface area contributed by atoms with Gasteiger partial charge in [0.15, 0.2) is 0 Å². The second kappa shape index (κ2) is 2.48. The quantitative estimate of drug-likeness (QED) is 0.516. The third-order valence-corrected chi connectivity index (χ3v) is 2.79. The zero-order valence-electron chi connectivity index (χ0n) is 6.65. The number of rotatable bonds is 0. The standard InChI is InChI=1S/C8H14N2O/c11-7-2-5-10-8(6-9-7)3-1-4-8/h10H,1-6H2,(H,9,11). The van der Waals surface area contributed by atoms with Crippen LogP contribution in [0.25, 0.3) is 0 Å². The molecule has 1 aliphatic carbocycles. The summed E-state index contributed by atoms with van der Waals surface area (Å²) in [5.74, 6) is 0.196. The van der Waals surface area contributed by atoms with Crippen molar-refractivity contribution in [2.24, 2.45) is 0 Å². The molecule has 1 saturated carbocycles. The predicted molar refractivity (Wildman–Crippen MR) is 42.2 cm³/mol. The Labute approximate surface area is 66.5 Å². The zero-order chi connectivity index (χ0) is 7.73. The van der Waals surface area contributed by atoms with Crippen LogP contribution in [-0.2, 0) is 4.79 Å². The topological polar surface area (TPSA) is 41.1 Å². The van der Waals surface area contributed by atoms with Gasteiger partial charge in [0, 0.05) is 25.0 Å². The Morgan fingerprint density at radius 1 is 1.36 bits per heavy atom. The normalized spacial score (nSPS) is 28.9. The fraction of sp³-hybridized carbons (Fsp3) is 0.875. The average Bonchev–Trinajstić information content (AvgIpc) is 2.09. The van der Waals surface area contributed by atoms with E-state index in [1.54, 1.807) is 0 Å². The van der Waals surface area contributed by atoms with E-state index in [1.807, 2.05) is 0 Å². The first-order valence-corrected chi connectivity index (χ1v) is 4.33. The van der Waals surface area contributed by atoms with Crippen LogP contribution in [0.5, 0.6) is 0 Å². The summed E-state index contributed by atoms with van der Waals surface area (Å²) in [5.41, 5.74) is 0.284. The maximum atomic E-state index is 11.0. The molecule has 0 aromatic carbocycles. The van der Waals surface area contributed by atoms with Crippen LogP contribution in [0.2, 0.25) is 0 Å². The summed E-state index contributed by atoms with van der Waals surface area (Å²) in [6.07, 6.45) is 4.41. The summed E-state index contributed by atoms with van der Waals surface area (Å²) in [4.78, 5) is 11.0. The highest BCUT2D eigenvalue weighted by molar-refractivity contribution is 5.76. The van der Waals surface area contributed by atoms with Gasteiger partial charge in [0.25, 0.3) is 0 Å². The summed E-state index contributed by atoms with van der Waals surface area (Å²) in [6.45, 7) is 1.69. The van der Waals surface area contributed by atoms with Crippen LogP contribution in [0, 0.1) is 0 Å². The molecule has 0 atom stereocenters. The molecular weight excluding hydrogens is 140 g/mol. The molecule has 2 fully saturated rings. The smallest absolute Gasteiger partial charge is 0.221 e. The second-order valence-electron chi connectivity index (χ2n) is 3.59. The lowest BCUT2D eigenvalue weighted by Crippen LogP contribution is -2.55. The van der Waals surface area contributed by atoms with Crippen molar-refractivity contribution in [3.63, 3.8) is 0 Å². The molecule has 0 aromatic heterocycles. The van der Waals surface area contributed by atoms with Crippen molar-refractivity contribution in [1.29, 1.82) is 0 Å². The van der Waals surface area contributed by atoms with Gasteiger partial charge in [-0.3, -0.25) is 4.79 Å². The lowest BCUT2D eigenvalue weighted by atomic mass is 9.77. The van der Waals surface area contributed by atoms with Crippen LogP contribution in [0.15, 0.2) is 0 Å². The van der Waals surface area contributed by atoms with Crippen LogP contribution in [0.4, 0.5) is 0 Å². The number of hydrogen-bond acceptors (Lipinski definition) is 2. The van der Waals surface area contributed by atoms with Crippen LogP contribution >= 0.6 is 0 Å². The van der Waals surface area contributed by atoms with Gasteiger partial charge < -0.3 is 10.6 Å². The maximum Gasteiger partial charge on any atom is 0.221 e. The third-order valence-electron chi connectivity index (χ3n) is 2.79. The van der Waals surface area contributed by atoms with Crippen molar-refractivity contribution in [2.45, 2.75) is 31.2 Å². The minimum Gasteiger partial charge on any atom is -0.354 e. The molecule has 1 saturated heterocycles. The Morgan fingerprint density at radius 2 is 2.18 bits per heavy atom. The zero-order valence-corrected chi connectivity index (χ0v) is 6.65. The lowest BCUT2D eigenvalue weighted by Gasteiger charge is -2.41. The monoisotopic (exact) mass is 154 g/mol. The van der Waals surface area contributed by atoms with Gasteiger partial charge in [-0.2, -0.15) is 0 Å². The molecule has 0 radical (unpaired) electrons. The molecule has 2 aliphatic rings. The third kappa shape index (κ3) is 1.25. The van der Waals surface area contributed by atoms with Gasteiger partial charge in [-0.1, -0.05) is 0 Å². The van der Waals surface area contributed by atoms with Gasteiger partial charge in [-0.15, -0.1) is 0 Å². The van der Waals surface area contributed by atoms with Crippen molar-refractivity contribution in [2.75, 3.05) is 13.1 Å². The van der Waals surface area contributed by atoms with Crippen molar-refractivity contribution < 1.29 is 4.79 Å². The number of nitrogens with one attached hydrogen (secondary N) is 2. The maximum absolute atomic E-state index is 11.0. The highest BCUT2D eigenvalue weighted by Gasteiger charge is 2.37. The molecule has 0 aromatic rings. The molecule has 1 aliphatic heterocycles. The lowest BCUT2D eigenvalue weighted by molar-refractivity contribution is -0.120. The largest absolute Gasteiger partial charge is 0.354 e. The molecule has 0 unspecified atom stereocenters. The summed E-state index contributed by atoms with van der Waals surface area (Å²) >= 11 is 0. The average molecular weight is 154 g/mol. The molecule has 2 rings (SSSR count). The van der Waals surface area contributed by atoms with Crippen LogP contribution in [0.3, 0.4) is 0 Å². The van der Waals surface area contributed by atoms with Crippen molar-refractivity contribution >= 4 is 5.91 Å². The van der Waals surface area contributed by atoms with Gasteiger partial charge in [-0.25, -0.2) is 0 Å². The Kier molecular flexibility index (Phi) is 1.60. The first kappa shape index (κ1) is 7.10. The summed E-state index contributed by atoms with van der Waals surface area (Å²) < 4.78 is 0. The van der Waals surface area contributed by atoms with Gasteiger partial charge in [-0.05, 0) is 19.3 Å². The summed E-state index contributed by atoms with van der Waals surface area (Å²) in [5, 5.41) is 6.38. The fourth-order valence-electron chi connectivity index (χ4n) is 1.82. The first-order valence-electron chi connectivity index (χ1n) is 4.33. The Bertz CT molecular complexity index is 175. The van der Waals surface area contributed by atoms with Crippen molar-refractivity contribution in [1.82, 2.24) is 10.6 Å². The van der Waals surface area contributed by atoms with Crippen LogP contribution in [0.1, 0.15) is 25.7 Å². The molecular formula is C8H14N2O. The Morgan fingerprint density at radius 3 is 2.82 bits per heavy atom. The number of hydrogen-bond donors (Lipinski definition) is 2. The molecule has 3 nitrogen and oxygen atoms in total. The van der Waals surface area contributed by atoms with Crippen LogP contribution < -0.4 is 10.6 Å². The molecule has 1 spiro atoms. The molecule has 62 valence electrons. The van der Waals surface area contributed by atoms with E-state index in [2.05, 4.69) is 10.6 Å². The number of carbonyl (C=O) groups excluding carboxylic acids is 1. The number of carbonyl (C=O) groups is 1. The highest BCUT2D eigenvalue weighted by atomic mass is 16.1. The van der Waals surface area contributed by atoms with Crippen molar-refractivity contribution in [3.8, 4) is 0 Å². The van der Waals surface area contributed by atoms with Crippen LogP contribution in [-0.4, -0.2) is 24.5 Å². The van der Waals surface area contributed by atoms with E-state index in [9.17, 15) is 4.79 Å². The minimum absolute atomic E-state index is 0.196. The Balaban J connectivity index is 1.97. The van der Waals surface area contributed by atoms with Gasteiger partial charge in [0.2, 0.25) is 5.91 Å². The highest BCUT2D eigenvalue weighted by Crippen LogP contribution is 2.31. The number of amides is 1. The second-order valence-corrected chi connectivity index (χ2v) is 3.59. The van der Waals surface area contributed by atoms with E-state index < -0.39 is 0 Å².